The number of aliphatic hydroxyl groups is 1. The van der Waals surface area contributed by atoms with Crippen molar-refractivity contribution in [3.63, 3.8) is 0 Å². The van der Waals surface area contributed by atoms with Gasteiger partial charge in [0.25, 0.3) is 5.89 Å². The van der Waals surface area contributed by atoms with Crippen LogP contribution < -0.4 is 9.64 Å². The van der Waals surface area contributed by atoms with Crippen molar-refractivity contribution in [3.8, 4) is 17.3 Å². The van der Waals surface area contributed by atoms with Gasteiger partial charge < -0.3 is 19.2 Å². The standard InChI is InChI=1S/C25H24N6O3/c32-21-16-18-3-1-2-4-20(18)34-25(21)9-13-31(14-10-25)22-6-5-19(27-28-22)24-30-29-23(33-24)15-17-7-11-26-12-8-17/h1-8,11-12,21,32H,9-10,13-16H2. The summed E-state index contributed by atoms with van der Waals surface area (Å²) in [5.41, 5.74) is 2.10. The highest BCUT2D eigenvalue weighted by Crippen LogP contribution is 2.40. The van der Waals surface area contributed by atoms with E-state index in [2.05, 4.69) is 30.3 Å². The van der Waals surface area contributed by atoms with Crippen molar-refractivity contribution in [3.05, 3.63) is 77.9 Å². The molecular weight excluding hydrogens is 432 g/mol. The van der Waals surface area contributed by atoms with Crippen molar-refractivity contribution < 1.29 is 14.3 Å². The summed E-state index contributed by atoms with van der Waals surface area (Å²) in [5, 5.41) is 27.8. The number of fused-ring (bicyclic) bond motifs is 1. The van der Waals surface area contributed by atoms with Gasteiger partial charge in [-0.3, -0.25) is 4.98 Å². The third kappa shape index (κ3) is 3.88. The van der Waals surface area contributed by atoms with Crippen LogP contribution in [0.1, 0.15) is 29.9 Å². The number of aromatic nitrogens is 5. The molecule has 2 aliphatic heterocycles. The minimum atomic E-state index is -0.548. The topological polar surface area (TPSA) is 110 Å². The largest absolute Gasteiger partial charge is 0.484 e. The molecule has 0 bridgehead atoms. The summed E-state index contributed by atoms with van der Waals surface area (Å²) in [5.74, 6) is 2.52. The second kappa shape index (κ2) is 8.49. The van der Waals surface area contributed by atoms with E-state index in [-0.39, 0.29) is 0 Å². The first-order valence-corrected chi connectivity index (χ1v) is 11.4. The summed E-state index contributed by atoms with van der Waals surface area (Å²) >= 11 is 0. The fourth-order valence-corrected chi connectivity index (χ4v) is 4.71. The van der Waals surface area contributed by atoms with Gasteiger partial charge in [0.2, 0.25) is 5.89 Å². The monoisotopic (exact) mass is 456 g/mol. The Bertz CT molecular complexity index is 1270. The second-order valence-electron chi connectivity index (χ2n) is 8.79. The Morgan fingerprint density at radius 3 is 2.56 bits per heavy atom. The Kier molecular flexibility index (Phi) is 5.18. The lowest BCUT2D eigenvalue weighted by molar-refractivity contribution is -0.0810. The molecule has 172 valence electrons. The fraction of sp³-hybridized carbons (Fsp3) is 0.320. The molecule has 1 aromatic carbocycles. The van der Waals surface area contributed by atoms with E-state index >= 15 is 0 Å². The first kappa shape index (κ1) is 20.7. The number of hydrogen-bond acceptors (Lipinski definition) is 9. The molecule has 6 rings (SSSR count). The van der Waals surface area contributed by atoms with E-state index < -0.39 is 11.7 Å². The van der Waals surface area contributed by atoms with E-state index in [9.17, 15) is 5.11 Å². The van der Waals surface area contributed by atoms with E-state index in [0.29, 0.717) is 43.2 Å². The van der Waals surface area contributed by atoms with Crippen molar-refractivity contribution in [2.45, 2.75) is 37.4 Å². The Hall–Kier alpha value is -3.85. The normalized spacial score (nSPS) is 19.0. The lowest BCUT2D eigenvalue weighted by atomic mass is 9.80. The maximum absolute atomic E-state index is 10.8. The van der Waals surface area contributed by atoms with Gasteiger partial charge in [-0.25, -0.2) is 0 Å². The average molecular weight is 457 g/mol. The number of benzene rings is 1. The number of ether oxygens (including phenoxy) is 1. The highest BCUT2D eigenvalue weighted by Gasteiger charge is 2.46. The van der Waals surface area contributed by atoms with E-state index in [1.54, 1.807) is 12.4 Å². The van der Waals surface area contributed by atoms with Gasteiger partial charge in [-0.05, 0) is 41.5 Å². The lowest BCUT2D eigenvalue weighted by Gasteiger charge is -2.47. The highest BCUT2D eigenvalue weighted by molar-refractivity contribution is 5.49. The van der Waals surface area contributed by atoms with Crippen molar-refractivity contribution in [2.75, 3.05) is 18.0 Å². The fourth-order valence-electron chi connectivity index (χ4n) is 4.71. The third-order valence-corrected chi connectivity index (χ3v) is 6.68. The summed E-state index contributed by atoms with van der Waals surface area (Å²) in [4.78, 5) is 6.18. The van der Waals surface area contributed by atoms with Crippen LogP contribution in [-0.4, -0.2) is 55.3 Å². The summed E-state index contributed by atoms with van der Waals surface area (Å²) in [6.45, 7) is 1.45. The van der Waals surface area contributed by atoms with Crippen LogP contribution >= 0.6 is 0 Å². The van der Waals surface area contributed by atoms with E-state index in [1.165, 1.54) is 0 Å². The van der Waals surface area contributed by atoms with Crippen LogP contribution in [-0.2, 0) is 12.8 Å². The van der Waals surface area contributed by atoms with Crippen LogP contribution in [0, 0.1) is 0 Å². The first-order valence-electron chi connectivity index (χ1n) is 11.4. The van der Waals surface area contributed by atoms with Crippen molar-refractivity contribution >= 4 is 5.82 Å². The maximum Gasteiger partial charge on any atom is 0.268 e. The van der Waals surface area contributed by atoms with Crippen LogP contribution in [0.2, 0.25) is 0 Å². The molecule has 4 aromatic rings. The Morgan fingerprint density at radius 2 is 1.76 bits per heavy atom. The van der Waals surface area contributed by atoms with Gasteiger partial charge in [0, 0.05) is 44.7 Å². The summed E-state index contributed by atoms with van der Waals surface area (Å²) in [7, 11) is 0. The van der Waals surface area contributed by atoms with Gasteiger partial charge in [0.15, 0.2) is 5.82 Å². The molecule has 9 heteroatoms. The number of anilines is 1. The number of rotatable bonds is 4. The summed E-state index contributed by atoms with van der Waals surface area (Å²) < 4.78 is 12.1. The van der Waals surface area contributed by atoms with Crippen LogP contribution in [0.5, 0.6) is 5.75 Å². The number of nitrogens with zero attached hydrogens (tertiary/aromatic N) is 6. The van der Waals surface area contributed by atoms with Crippen LogP contribution in [0.15, 0.2) is 65.3 Å². The minimum absolute atomic E-state index is 0.345. The third-order valence-electron chi connectivity index (χ3n) is 6.68. The minimum Gasteiger partial charge on any atom is -0.484 e. The molecule has 0 amide bonds. The Balaban J connectivity index is 1.11. The molecule has 3 aromatic heterocycles. The highest BCUT2D eigenvalue weighted by atomic mass is 16.5. The molecule has 0 radical (unpaired) electrons. The molecule has 2 aliphatic rings. The summed E-state index contributed by atoms with van der Waals surface area (Å²) in [6, 6.07) is 15.5. The molecule has 1 spiro atoms. The predicted molar refractivity (Wildman–Crippen MR) is 123 cm³/mol. The van der Waals surface area contributed by atoms with Crippen LogP contribution in [0.4, 0.5) is 5.82 Å². The van der Waals surface area contributed by atoms with Crippen molar-refractivity contribution in [1.29, 1.82) is 0 Å². The van der Waals surface area contributed by atoms with Gasteiger partial charge in [-0.15, -0.1) is 20.4 Å². The van der Waals surface area contributed by atoms with E-state index in [0.717, 1.165) is 35.8 Å². The van der Waals surface area contributed by atoms with Crippen LogP contribution in [0.3, 0.4) is 0 Å². The zero-order valence-electron chi connectivity index (χ0n) is 18.5. The molecule has 1 saturated heterocycles. The molecule has 0 aliphatic carbocycles. The molecule has 9 nitrogen and oxygen atoms in total. The quantitative estimate of drug-likeness (QED) is 0.495. The molecule has 1 N–H and O–H groups in total. The Labute approximate surface area is 196 Å². The first-order chi connectivity index (χ1) is 16.7. The maximum atomic E-state index is 10.8. The molecule has 34 heavy (non-hydrogen) atoms. The smallest absolute Gasteiger partial charge is 0.268 e. The van der Waals surface area contributed by atoms with Gasteiger partial charge in [-0.1, -0.05) is 18.2 Å². The summed E-state index contributed by atoms with van der Waals surface area (Å²) in [6.07, 6.45) is 5.55. The molecule has 1 atom stereocenters. The molecule has 5 heterocycles. The predicted octanol–water partition coefficient (Wildman–Crippen LogP) is 2.85. The van der Waals surface area contributed by atoms with E-state index in [1.807, 2.05) is 48.5 Å². The molecule has 1 unspecified atom stereocenters. The zero-order valence-corrected chi connectivity index (χ0v) is 18.5. The number of hydrogen-bond donors (Lipinski definition) is 1. The number of aliphatic hydroxyl groups excluding tert-OH is 1. The molecule has 1 fully saturated rings. The van der Waals surface area contributed by atoms with Crippen molar-refractivity contribution in [2.24, 2.45) is 0 Å². The molecule has 0 saturated carbocycles. The van der Waals surface area contributed by atoms with Gasteiger partial charge in [-0.2, -0.15) is 0 Å². The number of pyridine rings is 1. The second-order valence-corrected chi connectivity index (χ2v) is 8.79. The van der Waals surface area contributed by atoms with Crippen molar-refractivity contribution in [1.82, 2.24) is 25.4 Å². The molecular formula is C25H24N6O3. The van der Waals surface area contributed by atoms with E-state index in [4.69, 9.17) is 9.15 Å². The van der Waals surface area contributed by atoms with Gasteiger partial charge in [0.05, 0.1) is 12.5 Å². The average Bonchev–Trinajstić information content (AvgIpc) is 3.34. The SMILES string of the molecule is OC1Cc2ccccc2OC12CCN(c1ccc(-c3nnc(Cc4ccncc4)o3)nn1)CC2. The van der Waals surface area contributed by atoms with Gasteiger partial charge in [0.1, 0.15) is 17.0 Å². The van der Waals surface area contributed by atoms with Crippen LogP contribution in [0.25, 0.3) is 11.6 Å². The van der Waals surface area contributed by atoms with Gasteiger partial charge >= 0.3 is 0 Å². The lowest BCUT2D eigenvalue weighted by Crippen LogP contribution is -2.57. The zero-order chi connectivity index (χ0) is 23.0. The Morgan fingerprint density at radius 1 is 0.941 bits per heavy atom. The number of para-hydroxylation sites is 1. The number of piperidine rings is 1.